The number of amides is 1. The summed E-state index contributed by atoms with van der Waals surface area (Å²) < 4.78 is 0. The van der Waals surface area contributed by atoms with Crippen LogP contribution in [0.5, 0.6) is 0 Å². The molecule has 3 N–H and O–H groups in total. The van der Waals surface area contributed by atoms with Gasteiger partial charge in [-0.05, 0) is 24.3 Å². The smallest absolute Gasteiger partial charge is 0.277 e. The normalized spacial score (nSPS) is 10.4. The zero-order valence-corrected chi connectivity index (χ0v) is 10.4. The van der Waals surface area contributed by atoms with Gasteiger partial charge in [0, 0.05) is 0 Å². The first-order valence-electron chi connectivity index (χ1n) is 5.97. The molecule has 6 nitrogen and oxygen atoms in total. The number of nitrogens with one attached hydrogen (secondary N) is 1. The molecule has 0 aliphatic carbocycles. The molecule has 20 heavy (non-hydrogen) atoms. The van der Waals surface area contributed by atoms with E-state index in [1.807, 2.05) is 18.2 Å². The quantitative estimate of drug-likeness (QED) is 0.737. The summed E-state index contributed by atoms with van der Waals surface area (Å²) in [6.45, 7) is 0. The van der Waals surface area contributed by atoms with E-state index >= 15 is 0 Å². The number of nitrogens with two attached hydrogens (primary N) is 1. The number of aromatic nitrogens is 3. The van der Waals surface area contributed by atoms with Gasteiger partial charge in [-0.3, -0.25) is 9.78 Å². The number of carbonyl (C=O) groups is 1. The molecule has 2 aromatic heterocycles. The predicted molar refractivity (Wildman–Crippen MR) is 76.1 cm³/mol. The third-order valence-corrected chi connectivity index (χ3v) is 2.71. The van der Waals surface area contributed by atoms with Crippen LogP contribution in [-0.4, -0.2) is 20.9 Å². The molecule has 0 saturated carbocycles. The number of hydrogen-bond acceptors (Lipinski definition) is 5. The summed E-state index contributed by atoms with van der Waals surface area (Å²) in [5, 5.41) is 2.64. The molecule has 0 spiro atoms. The lowest BCUT2D eigenvalue weighted by molar-refractivity contribution is 0.102. The van der Waals surface area contributed by atoms with Crippen molar-refractivity contribution in [1.29, 1.82) is 0 Å². The lowest BCUT2D eigenvalue weighted by Crippen LogP contribution is -2.15. The molecule has 1 amide bonds. The summed E-state index contributed by atoms with van der Waals surface area (Å²) in [5.74, 6) is 0.0553. The lowest BCUT2D eigenvalue weighted by atomic mass is 10.3. The Hall–Kier alpha value is -3.02. The summed E-state index contributed by atoms with van der Waals surface area (Å²) in [6, 6.07) is 10.7. The van der Waals surface area contributed by atoms with E-state index in [4.69, 9.17) is 5.73 Å². The minimum atomic E-state index is -0.361. The Morgan fingerprint density at radius 2 is 1.80 bits per heavy atom. The van der Waals surface area contributed by atoms with E-state index in [2.05, 4.69) is 20.3 Å². The molecule has 6 heteroatoms. The van der Waals surface area contributed by atoms with Gasteiger partial charge in [0.25, 0.3) is 5.91 Å². The Kier molecular flexibility index (Phi) is 2.96. The van der Waals surface area contributed by atoms with Crippen LogP contribution in [-0.2, 0) is 0 Å². The van der Waals surface area contributed by atoms with E-state index in [9.17, 15) is 4.79 Å². The molecule has 1 aromatic carbocycles. The number of carbonyl (C=O) groups excluding carboxylic acids is 1. The number of benzene rings is 1. The van der Waals surface area contributed by atoms with Gasteiger partial charge in [-0.1, -0.05) is 12.1 Å². The fourth-order valence-electron chi connectivity index (χ4n) is 1.73. The second-order valence-corrected chi connectivity index (χ2v) is 4.17. The average molecular weight is 265 g/mol. The zero-order valence-electron chi connectivity index (χ0n) is 10.4. The number of para-hydroxylation sites is 2. The Morgan fingerprint density at radius 1 is 1.00 bits per heavy atom. The van der Waals surface area contributed by atoms with Crippen LogP contribution in [0.2, 0.25) is 0 Å². The molecular weight excluding hydrogens is 254 g/mol. The Morgan fingerprint density at radius 3 is 2.55 bits per heavy atom. The van der Waals surface area contributed by atoms with Crippen LogP contribution < -0.4 is 11.1 Å². The number of rotatable bonds is 2. The first-order chi connectivity index (χ1) is 9.72. The largest absolute Gasteiger partial charge is 0.397 e. The molecule has 0 bridgehead atoms. The van der Waals surface area contributed by atoms with Gasteiger partial charge in [-0.2, -0.15) is 0 Å². The van der Waals surface area contributed by atoms with Crippen LogP contribution in [0.3, 0.4) is 0 Å². The third kappa shape index (κ3) is 2.39. The Bertz CT molecular complexity index is 770. The molecule has 0 aliphatic rings. The van der Waals surface area contributed by atoms with Crippen molar-refractivity contribution in [2.45, 2.75) is 0 Å². The van der Waals surface area contributed by atoms with Gasteiger partial charge in [0.15, 0.2) is 0 Å². The predicted octanol–water partition coefficient (Wildman–Crippen LogP) is 1.86. The van der Waals surface area contributed by atoms with Crippen LogP contribution in [0.4, 0.5) is 11.5 Å². The molecule has 0 radical (unpaired) electrons. The van der Waals surface area contributed by atoms with E-state index in [1.165, 1.54) is 12.4 Å². The van der Waals surface area contributed by atoms with E-state index in [-0.39, 0.29) is 11.6 Å². The first kappa shape index (κ1) is 12.0. The molecule has 0 unspecified atom stereocenters. The minimum absolute atomic E-state index is 0.238. The highest BCUT2D eigenvalue weighted by Crippen LogP contribution is 2.11. The van der Waals surface area contributed by atoms with Crippen molar-refractivity contribution in [3.8, 4) is 0 Å². The third-order valence-electron chi connectivity index (χ3n) is 2.71. The van der Waals surface area contributed by atoms with Crippen molar-refractivity contribution in [1.82, 2.24) is 15.0 Å². The van der Waals surface area contributed by atoms with Crippen molar-refractivity contribution >= 4 is 28.4 Å². The van der Waals surface area contributed by atoms with Gasteiger partial charge in [0.2, 0.25) is 0 Å². The topological polar surface area (TPSA) is 93.8 Å². The van der Waals surface area contributed by atoms with Gasteiger partial charge in [0.05, 0.1) is 29.1 Å². The van der Waals surface area contributed by atoms with Gasteiger partial charge >= 0.3 is 0 Å². The summed E-state index contributed by atoms with van der Waals surface area (Å²) >= 11 is 0. The molecule has 2 heterocycles. The molecule has 3 aromatic rings. The second-order valence-electron chi connectivity index (χ2n) is 4.17. The highest BCUT2D eigenvalue weighted by molar-refractivity contribution is 6.03. The molecule has 0 atom stereocenters. The number of fused-ring (bicyclic) bond motifs is 1. The maximum Gasteiger partial charge on any atom is 0.277 e. The Balaban J connectivity index is 1.86. The maximum atomic E-state index is 12.1. The molecular formula is C14H11N5O. The maximum absolute atomic E-state index is 12.1. The monoisotopic (exact) mass is 265 g/mol. The van der Waals surface area contributed by atoms with Crippen LogP contribution in [0.1, 0.15) is 10.5 Å². The summed E-state index contributed by atoms with van der Waals surface area (Å²) in [5.41, 5.74) is 7.72. The number of nitrogens with zero attached hydrogens (tertiary/aromatic N) is 3. The second kappa shape index (κ2) is 4.93. The summed E-state index contributed by atoms with van der Waals surface area (Å²) in [6.07, 6.45) is 2.91. The highest BCUT2D eigenvalue weighted by atomic mass is 16.1. The van der Waals surface area contributed by atoms with E-state index in [0.29, 0.717) is 17.0 Å². The number of nitrogen functional groups attached to an aromatic ring is 1. The van der Waals surface area contributed by atoms with Crippen LogP contribution in [0, 0.1) is 0 Å². The molecule has 0 fully saturated rings. The number of hydrogen-bond donors (Lipinski definition) is 2. The fraction of sp³-hybridized carbons (Fsp3) is 0. The van der Waals surface area contributed by atoms with Gasteiger partial charge < -0.3 is 11.1 Å². The van der Waals surface area contributed by atoms with Gasteiger partial charge in [0.1, 0.15) is 11.5 Å². The number of pyridine rings is 1. The van der Waals surface area contributed by atoms with E-state index in [0.717, 1.165) is 5.52 Å². The van der Waals surface area contributed by atoms with Gasteiger partial charge in [-0.25, -0.2) is 9.97 Å². The molecule has 98 valence electrons. The van der Waals surface area contributed by atoms with E-state index in [1.54, 1.807) is 18.2 Å². The van der Waals surface area contributed by atoms with Crippen LogP contribution in [0.25, 0.3) is 11.0 Å². The minimum Gasteiger partial charge on any atom is -0.397 e. The van der Waals surface area contributed by atoms with Crippen molar-refractivity contribution in [3.05, 3.63) is 54.5 Å². The summed E-state index contributed by atoms with van der Waals surface area (Å²) in [4.78, 5) is 24.5. The molecule has 3 rings (SSSR count). The van der Waals surface area contributed by atoms with Crippen molar-refractivity contribution < 1.29 is 4.79 Å². The van der Waals surface area contributed by atoms with Crippen LogP contribution in [0.15, 0.2) is 48.8 Å². The van der Waals surface area contributed by atoms with Crippen molar-refractivity contribution in [2.75, 3.05) is 11.1 Å². The van der Waals surface area contributed by atoms with Crippen molar-refractivity contribution in [3.63, 3.8) is 0 Å². The Labute approximate surface area is 114 Å². The highest BCUT2D eigenvalue weighted by Gasteiger charge is 2.09. The number of anilines is 2. The van der Waals surface area contributed by atoms with Gasteiger partial charge in [-0.15, -0.1) is 0 Å². The zero-order chi connectivity index (χ0) is 13.9. The van der Waals surface area contributed by atoms with E-state index < -0.39 is 0 Å². The first-order valence-corrected chi connectivity index (χ1v) is 5.97. The van der Waals surface area contributed by atoms with Crippen molar-refractivity contribution in [2.24, 2.45) is 0 Å². The lowest BCUT2D eigenvalue weighted by Gasteiger charge is -2.04. The van der Waals surface area contributed by atoms with Crippen LogP contribution >= 0.6 is 0 Å². The summed E-state index contributed by atoms with van der Waals surface area (Å²) in [7, 11) is 0. The fourth-order valence-corrected chi connectivity index (χ4v) is 1.73. The molecule has 0 aliphatic heterocycles. The SMILES string of the molecule is Nc1ccc(NC(=O)c2cnc3ccccc3n2)nc1. The molecule has 0 saturated heterocycles. The standard InChI is InChI=1S/C14H11N5O/c15-9-5-6-13(17-7-9)19-14(20)12-8-16-10-3-1-2-4-11(10)18-12/h1-8H,15H2,(H,17,19,20). The average Bonchev–Trinajstić information content (AvgIpc) is 2.49.